The number of hydrogen-bond donors (Lipinski definition) is 1. The zero-order chi connectivity index (χ0) is 13.8. The highest BCUT2D eigenvalue weighted by Gasteiger charge is 2.25. The molecule has 1 aromatic heterocycles. The first-order valence-corrected chi connectivity index (χ1v) is 7.17. The van der Waals surface area contributed by atoms with Crippen molar-refractivity contribution in [1.82, 2.24) is 10.3 Å². The van der Waals surface area contributed by atoms with Crippen LogP contribution in [0.4, 0.5) is 5.69 Å². The molecule has 2 heterocycles. The molecule has 0 aromatic carbocycles. The SMILES string of the molecule is CCC1COC(C)CN1c1ccc(C(C)NC)nc1. The van der Waals surface area contributed by atoms with Crippen LogP contribution in [0.15, 0.2) is 18.3 Å². The summed E-state index contributed by atoms with van der Waals surface area (Å²) in [5.41, 5.74) is 2.29. The van der Waals surface area contributed by atoms with E-state index in [0.29, 0.717) is 18.2 Å². The second kappa shape index (κ2) is 6.35. The van der Waals surface area contributed by atoms with Gasteiger partial charge in [-0.05, 0) is 39.4 Å². The topological polar surface area (TPSA) is 37.4 Å². The minimum absolute atomic E-state index is 0.290. The number of ether oxygens (including phenoxy) is 1. The molecule has 3 atom stereocenters. The molecule has 0 radical (unpaired) electrons. The van der Waals surface area contributed by atoms with Gasteiger partial charge in [-0.25, -0.2) is 0 Å². The summed E-state index contributed by atoms with van der Waals surface area (Å²) in [5, 5.41) is 3.21. The first kappa shape index (κ1) is 14.3. The third-order valence-corrected chi connectivity index (χ3v) is 3.92. The molecule has 1 saturated heterocycles. The Hall–Kier alpha value is -1.13. The van der Waals surface area contributed by atoms with Gasteiger partial charge in [0.05, 0.1) is 36.3 Å². The van der Waals surface area contributed by atoms with Gasteiger partial charge in [0.15, 0.2) is 0 Å². The van der Waals surface area contributed by atoms with Gasteiger partial charge in [-0.1, -0.05) is 6.92 Å². The maximum absolute atomic E-state index is 5.74. The smallest absolute Gasteiger partial charge is 0.0723 e. The van der Waals surface area contributed by atoms with Crippen molar-refractivity contribution in [2.75, 3.05) is 25.1 Å². The number of nitrogens with zero attached hydrogens (tertiary/aromatic N) is 2. The lowest BCUT2D eigenvalue weighted by Gasteiger charge is -2.39. The number of rotatable bonds is 4. The number of aromatic nitrogens is 1. The van der Waals surface area contributed by atoms with E-state index < -0.39 is 0 Å². The van der Waals surface area contributed by atoms with Gasteiger partial charge >= 0.3 is 0 Å². The first-order valence-electron chi connectivity index (χ1n) is 7.17. The summed E-state index contributed by atoms with van der Waals surface area (Å²) in [6.45, 7) is 8.22. The van der Waals surface area contributed by atoms with Gasteiger partial charge in [-0.3, -0.25) is 4.98 Å². The predicted octanol–water partition coefficient (Wildman–Crippen LogP) is 2.37. The molecule has 19 heavy (non-hydrogen) atoms. The molecule has 1 N–H and O–H groups in total. The summed E-state index contributed by atoms with van der Waals surface area (Å²) in [7, 11) is 1.96. The molecule has 0 amide bonds. The molecule has 1 aliphatic heterocycles. The third-order valence-electron chi connectivity index (χ3n) is 3.92. The maximum Gasteiger partial charge on any atom is 0.0723 e. The summed E-state index contributed by atoms with van der Waals surface area (Å²) in [5.74, 6) is 0. The first-order chi connectivity index (χ1) is 9.15. The van der Waals surface area contributed by atoms with E-state index in [1.165, 1.54) is 5.69 Å². The Bertz CT molecular complexity index is 393. The summed E-state index contributed by atoms with van der Waals surface area (Å²) < 4.78 is 5.74. The normalized spacial score (nSPS) is 25.4. The second-order valence-electron chi connectivity index (χ2n) is 5.31. The lowest BCUT2D eigenvalue weighted by molar-refractivity contribution is 0.0299. The predicted molar refractivity (Wildman–Crippen MR) is 78.6 cm³/mol. The van der Waals surface area contributed by atoms with Gasteiger partial charge in [0.1, 0.15) is 0 Å². The molecule has 1 fully saturated rings. The molecule has 4 nitrogen and oxygen atoms in total. The minimum Gasteiger partial charge on any atom is -0.375 e. The van der Waals surface area contributed by atoms with Crippen molar-refractivity contribution in [3.63, 3.8) is 0 Å². The Balaban J connectivity index is 2.15. The zero-order valence-electron chi connectivity index (χ0n) is 12.4. The van der Waals surface area contributed by atoms with Crippen molar-refractivity contribution in [2.45, 2.75) is 45.4 Å². The molecule has 3 unspecified atom stereocenters. The van der Waals surface area contributed by atoms with Gasteiger partial charge in [-0.2, -0.15) is 0 Å². The fraction of sp³-hybridized carbons (Fsp3) is 0.667. The van der Waals surface area contributed by atoms with E-state index in [1.54, 1.807) is 0 Å². The van der Waals surface area contributed by atoms with Crippen LogP contribution in [0.5, 0.6) is 0 Å². The average molecular weight is 263 g/mol. The van der Waals surface area contributed by atoms with E-state index in [1.807, 2.05) is 13.2 Å². The van der Waals surface area contributed by atoms with Gasteiger partial charge in [0, 0.05) is 12.6 Å². The molecular formula is C15H25N3O. The van der Waals surface area contributed by atoms with Gasteiger partial charge in [-0.15, -0.1) is 0 Å². The molecule has 4 heteroatoms. The minimum atomic E-state index is 0.290. The standard InChI is InChI=1S/C15H25N3O/c1-5-13-10-19-11(2)9-18(13)14-6-7-15(17-8-14)12(3)16-4/h6-8,11-13,16H,5,9-10H2,1-4H3. The van der Waals surface area contributed by atoms with E-state index in [-0.39, 0.29) is 0 Å². The van der Waals surface area contributed by atoms with Crippen LogP contribution >= 0.6 is 0 Å². The summed E-state index contributed by atoms with van der Waals surface area (Å²) in [4.78, 5) is 7.00. The molecule has 0 spiro atoms. The molecule has 1 aromatic rings. The monoisotopic (exact) mass is 263 g/mol. The van der Waals surface area contributed by atoms with Gasteiger partial charge in [0.25, 0.3) is 0 Å². The van der Waals surface area contributed by atoms with Crippen LogP contribution < -0.4 is 10.2 Å². The Morgan fingerprint density at radius 2 is 2.32 bits per heavy atom. The fourth-order valence-electron chi connectivity index (χ4n) is 2.47. The molecule has 2 rings (SSSR count). The van der Waals surface area contributed by atoms with E-state index in [4.69, 9.17) is 4.74 Å². The van der Waals surface area contributed by atoms with Crippen molar-refractivity contribution >= 4 is 5.69 Å². The van der Waals surface area contributed by atoms with Gasteiger partial charge in [0.2, 0.25) is 0 Å². The summed E-state index contributed by atoms with van der Waals surface area (Å²) in [6, 6.07) is 5.05. The maximum atomic E-state index is 5.74. The van der Waals surface area contributed by atoms with Crippen molar-refractivity contribution in [1.29, 1.82) is 0 Å². The Morgan fingerprint density at radius 3 is 2.89 bits per heavy atom. The Morgan fingerprint density at radius 1 is 1.53 bits per heavy atom. The number of nitrogens with one attached hydrogen (secondary N) is 1. The molecule has 0 saturated carbocycles. The highest BCUT2D eigenvalue weighted by atomic mass is 16.5. The highest BCUT2D eigenvalue weighted by Crippen LogP contribution is 2.23. The van der Waals surface area contributed by atoms with Crippen molar-refractivity contribution in [3.8, 4) is 0 Å². The van der Waals surface area contributed by atoms with Crippen molar-refractivity contribution in [3.05, 3.63) is 24.0 Å². The van der Waals surface area contributed by atoms with E-state index in [0.717, 1.165) is 25.3 Å². The molecule has 0 aliphatic carbocycles. The Labute approximate surface area is 116 Å². The quantitative estimate of drug-likeness (QED) is 0.905. The average Bonchev–Trinajstić information content (AvgIpc) is 2.46. The van der Waals surface area contributed by atoms with Crippen molar-refractivity contribution < 1.29 is 4.74 Å². The van der Waals surface area contributed by atoms with Crippen LogP contribution in [0.1, 0.15) is 38.9 Å². The number of morpholine rings is 1. The molecule has 0 bridgehead atoms. The molecule has 106 valence electrons. The van der Waals surface area contributed by atoms with Crippen molar-refractivity contribution in [2.24, 2.45) is 0 Å². The van der Waals surface area contributed by atoms with Crippen LogP contribution in [0.3, 0.4) is 0 Å². The number of pyridine rings is 1. The lowest BCUT2D eigenvalue weighted by atomic mass is 10.1. The van der Waals surface area contributed by atoms with E-state index in [9.17, 15) is 0 Å². The summed E-state index contributed by atoms with van der Waals surface area (Å²) >= 11 is 0. The molecule has 1 aliphatic rings. The number of anilines is 1. The second-order valence-corrected chi connectivity index (χ2v) is 5.31. The number of hydrogen-bond acceptors (Lipinski definition) is 4. The molecular weight excluding hydrogens is 238 g/mol. The van der Waals surface area contributed by atoms with Crippen LogP contribution in [0, 0.1) is 0 Å². The summed E-state index contributed by atoms with van der Waals surface area (Å²) in [6.07, 6.45) is 3.38. The lowest BCUT2D eigenvalue weighted by Crippen LogP contribution is -2.48. The van der Waals surface area contributed by atoms with E-state index >= 15 is 0 Å². The van der Waals surface area contributed by atoms with Crippen LogP contribution in [-0.4, -0.2) is 37.3 Å². The Kier molecular flexibility index (Phi) is 4.77. The van der Waals surface area contributed by atoms with Gasteiger partial charge < -0.3 is 15.0 Å². The van der Waals surface area contributed by atoms with Crippen LogP contribution in [0.2, 0.25) is 0 Å². The van der Waals surface area contributed by atoms with Crippen LogP contribution in [0.25, 0.3) is 0 Å². The zero-order valence-corrected chi connectivity index (χ0v) is 12.4. The van der Waals surface area contributed by atoms with Crippen LogP contribution in [-0.2, 0) is 4.74 Å². The fourth-order valence-corrected chi connectivity index (χ4v) is 2.47. The highest BCUT2D eigenvalue weighted by molar-refractivity contribution is 5.46. The third kappa shape index (κ3) is 3.25. The van der Waals surface area contributed by atoms with E-state index in [2.05, 4.69) is 48.1 Å². The largest absolute Gasteiger partial charge is 0.375 e.